The Hall–Kier alpha value is -1.74. The average molecular weight is 284 g/mol. The van der Waals surface area contributed by atoms with Crippen LogP contribution in [0.15, 0.2) is 24.3 Å². The van der Waals surface area contributed by atoms with Gasteiger partial charge in [0.1, 0.15) is 5.75 Å². The quantitative estimate of drug-likeness (QED) is 0.837. The summed E-state index contributed by atoms with van der Waals surface area (Å²) in [6, 6.07) is 7.64. The molecule has 0 radical (unpaired) electrons. The molecule has 0 aliphatic carbocycles. The molecule has 1 heterocycles. The highest BCUT2D eigenvalue weighted by molar-refractivity contribution is 5.35. The molecule has 1 aliphatic heterocycles. The van der Waals surface area contributed by atoms with Gasteiger partial charge >= 0.3 is 6.18 Å². The summed E-state index contributed by atoms with van der Waals surface area (Å²) in [4.78, 5) is 1.85. The summed E-state index contributed by atoms with van der Waals surface area (Å²) in [5.41, 5.74) is -1.74. The van der Waals surface area contributed by atoms with E-state index in [1.807, 2.05) is 11.0 Å². The number of benzene rings is 1. The molecule has 0 bridgehead atoms. The Morgan fingerprint density at radius 3 is 2.20 bits per heavy atom. The summed E-state index contributed by atoms with van der Waals surface area (Å²) in [5, 5.41) is 8.68. The number of hydrogen-bond acceptors (Lipinski definition) is 3. The third-order valence-electron chi connectivity index (χ3n) is 3.61. The smallest absolute Gasteiger partial charge is 0.428 e. The van der Waals surface area contributed by atoms with E-state index in [2.05, 4.69) is 0 Å². The SMILES string of the molecule is CN1CCC(Oc2ccc(C#N)cc2)(C(F)(F)F)CC1. The van der Waals surface area contributed by atoms with Gasteiger partial charge in [-0.2, -0.15) is 18.4 Å². The molecule has 2 rings (SSSR count). The minimum absolute atomic E-state index is 0.0903. The molecule has 6 heteroatoms. The van der Waals surface area contributed by atoms with E-state index in [0.717, 1.165) is 0 Å². The van der Waals surface area contributed by atoms with Gasteiger partial charge in [-0.3, -0.25) is 0 Å². The minimum Gasteiger partial charge on any atom is -0.478 e. The molecule has 1 aromatic rings. The lowest BCUT2D eigenvalue weighted by Crippen LogP contribution is -2.56. The molecule has 0 saturated carbocycles. The van der Waals surface area contributed by atoms with Gasteiger partial charge in [0.05, 0.1) is 11.6 Å². The Bertz CT molecular complexity index is 497. The zero-order valence-electron chi connectivity index (χ0n) is 11.1. The number of alkyl halides is 3. The summed E-state index contributed by atoms with van der Waals surface area (Å²) in [5.74, 6) is 0.144. The Morgan fingerprint density at radius 2 is 1.75 bits per heavy atom. The van der Waals surface area contributed by atoms with E-state index in [1.165, 1.54) is 24.3 Å². The zero-order chi connectivity index (χ0) is 14.8. The maximum absolute atomic E-state index is 13.4. The lowest BCUT2D eigenvalue weighted by atomic mass is 9.90. The molecular weight excluding hydrogens is 269 g/mol. The summed E-state index contributed by atoms with van der Waals surface area (Å²) in [7, 11) is 1.79. The van der Waals surface area contributed by atoms with Gasteiger partial charge in [-0.05, 0) is 31.3 Å². The second kappa shape index (κ2) is 5.33. The zero-order valence-corrected chi connectivity index (χ0v) is 11.1. The third-order valence-corrected chi connectivity index (χ3v) is 3.61. The van der Waals surface area contributed by atoms with Crippen molar-refractivity contribution in [3.63, 3.8) is 0 Å². The number of likely N-dealkylation sites (tertiary alicyclic amines) is 1. The number of ether oxygens (including phenoxy) is 1. The topological polar surface area (TPSA) is 36.3 Å². The van der Waals surface area contributed by atoms with Crippen molar-refractivity contribution in [2.75, 3.05) is 20.1 Å². The molecule has 1 aromatic carbocycles. The number of rotatable bonds is 2. The molecule has 0 aromatic heterocycles. The molecule has 20 heavy (non-hydrogen) atoms. The molecule has 0 atom stereocenters. The lowest BCUT2D eigenvalue weighted by Gasteiger charge is -2.41. The van der Waals surface area contributed by atoms with Crippen molar-refractivity contribution in [2.45, 2.75) is 24.6 Å². The van der Waals surface area contributed by atoms with Crippen molar-refractivity contribution in [3.8, 4) is 11.8 Å². The second-order valence-corrected chi connectivity index (χ2v) is 5.03. The first-order chi connectivity index (χ1) is 9.36. The maximum Gasteiger partial charge on any atom is 0.428 e. The molecule has 108 valence electrons. The van der Waals surface area contributed by atoms with Crippen LogP contribution in [0.3, 0.4) is 0 Å². The molecule has 0 unspecified atom stereocenters. The van der Waals surface area contributed by atoms with Crippen LogP contribution in [0.5, 0.6) is 5.75 Å². The summed E-state index contributed by atoms with van der Waals surface area (Å²) < 4.78 is 45.4. The monoisotopic (exact) mass is 284 g/mol. The van der Waals surface area contributed by atoms with Crippen LogP contribution in [0.25, 0.3) is 0 Å². The predicted molar refractivity (Wildman–Crippen MR) is 67.3 cm³/mol. The van der Waals surface area contributed by atoms with Crippen LogP contribution < -0.4 is 4.74 Å². The van der Waals surface area contributed by atoms with Crippen LogP contribution in [-0.2, 0) is 0 Å². The normalized spacial score (nSPS) is 19.4. The van der Waals surface area contributed by atoms with E-state index in [9.17, 15) is 13.2 Å². The van der Waals surface area contributed by atoms with Crippen LogP contribution in [0.4, 0.5) is 13.2 Å². The van der Waals surface area contributed by atoms with Crippen LogP contribution in [0, 0.1) is 11.3 Å². The van der Waals surface area contributed by atoms with E-state index < -0.39 is 11.8 Å². The summed E-state index contributed by atoms with van der Waals surface area (Å²) >= 11 is 0. The van der Waals surface area contributed by atoms with Gasteiger partial charge < -0.3 is 9.64 Å². The highest BCUT2D eigenvalue weighted by atomic mass is 19.4. The molecule has 1 aliphatic rings. The van der Waals surface area contributed by atoms with Gasteiger partial charge in [-0.1, -0.05) is 0 Å². The van der Waals surface area contributed by atoms with Crippen LogP contribution in [-0.4, -0.2) is 36.8 Å². The first-order valence-corrected chi connectivity index (χ1v) is 6.31. The molecular formula is C14H15F3N2O. The number of piperidine rings is 1. The maximum atomic E-state index is 13.4. The van der Waals surface area contributed by atoms with Crippen LogP contribution in [0.1, 0.15) is 18.4 Å². The average Bonchev–Trinajstić information content (AvgIpc) is 2.41. The van der Waals surface area contributed by atoms with Crippen molar-refractivity contribution in [3.05, 3.63) is 29.8 Å². The summed E-state index contributed by atoms with van der Waals surface area (Å²) in [6.45, 7) is 0.686. The Labute approximate surface area is 115 Å². The van der Waals surface area contributed by atoms with Gasteiger partial charge in [-0.25, -0.2) is 0 Å². The summed E-state index contributed by atoms with van der Waals surface area (Å²) in [6.07, 6.45) is -4.60. The fourth-order valence-corrected chi connectivity index (χ4v) is 2.25. The van der Waals surface area contributed by atoms with Crippen LogP contribution >= 0.6 is 0 Å². The highest BCUT2D eigenvalue weighted by Gasteiger charge is 2.57. The van der Waals surface area contributed by atoms with E-state index in [1.54, 1.807) is 7.05 Å². The Balaban J connectivity index is 2.22. The molecule has 3 nitrogen and oxygen atoms in total. The molecule has 0 N–H and O–H groups in total. The van der Waals surface area contributed by atoms with Crippen molar-refractivity contribution in [1.29, 1.82) is 5.26 Å². The predicted octanol–water partition coefficient (Wildman–Crippen LogP) is 2.96. The molecule has 0 spiro atoms. The fraction of sp³-hybridized carbons (Fsp3) is 0.500. The highest BCUT2D eigenvalue weighted by Crippen LogP contribution is 2.41. The first-order valence-electron chi connectivity index (χ1n) is 6.31. The molecule has 1 fully saturated rings. The molecule has 1 saturated heterocycles. The van der Waals surface area contributed by atoms with Gasteiger partial charge in [-0.15, -0.1) is 0 Å². The van der Waals surface area contributed by atoms with Gasteiger partial charge in [0, 0.05) is 25.9 Å². The standard InChI is InChI=1S/C14H15F3N2O/c1-19-8-6-13(7-9-19,14(15,16)17)20-12-4-2-11(10-18)3-5-12/h2-5H,6-9H2,1H3. The molecule has 0 amide bonds. The fourth-order valence-electron chi connectivity index (χ4n) is 2.25. The lowest BCUT2D eigenvalue weighted by molar-refractivity contribution is -0.260. The van der Waals surface area contributed by atoms with E-state index >= 15 is 0 Å². The van der Waals surface area contributed by atoms with Gasteiger partial charge in [0.2, 0.25) is 5.60 Å². The third kappa shape index (κ3) is 2.88. The first kappa shape index (κ1) is 14.7. The second-order valence-electron chi connectivity index (χ2n) is 5.03. The van der Waals surface area contributed by atoms with E-state index in [-0.39, 0.29) is 18.6 Å². The number of hydrogen-bond donors (Lipinski definition) is 0. The van der Waals surface area contributed by atoms with Crippen molar-refractivity contribution >= 4 is 0 Å². The van der Waals surface area contributed by atoms with Crippen molar-refractivity contribution in [2.24, 2.45) is 0 Å². The minimum atomic E-state index is -4.41. The number of halogens is 3. The van der Waals surface area contributed by atoms with Gasteiger partial charge in [0.25, 0.3) is 0 Å². The Kier molecular flexibility index (Phi) is 3.91. The van der Waals surface area contributed by atoms with Crippen molar-refractivity contribution in [1.82, 2.24) is 4.90 Å². The van der Waals surface area contributed by atoms with E-state index in [4.69, 9.17) is 10.00 Å². The van der Waals surface area contributed by atoms with E-state index in [0.29, 0.717) is 18.7 Å². The Morgan fingerprint density at radius 1 is 1.20 bits per heavy atom. The van der Waals surface area contributed by atoms with Crippen molar-refractivity contribution < 1.29 is 17.9 Å². The number of nitrogens with zero attached hydrogens (tertiary/aromatic N) is 2. The largest absolute Gasteiger partial charge is 0.478 e. The van der Waals surface area contributed by atoms with Crippen LogP contribution in [0.2, 0.25) is 0 Å². The number of nitriles is 1. The van der Waals surface area contributed by atoms with Gasteiger partial charge in [0.15, 0.2) is 0 Å².